The lowest BCUT2D eigenvalue weighted by molar-refractivity contribution is -0.116. The second kappa shape index (κ2) is 2.94. The summed E-state index contributed by atoms with van der Waals surface area (Å²) in [6.07, 6.45) is 1.40. The van der Waals surface area contributed by atoms with Gasteiger partial charge >= 0.3 is 0 Å². The van der Waals surface area contributed by atoms with E-state index in [0.717, 1.165) is 12.2 Å². The molecule has 4 nitrogen and oxygen atoms in total. The van der Waals surface area contributed by atoms with Crippen molar-refractivity contribution in [2.45, 2.75) is 32.6 Å². The van der Waals surface area contributed by atoms with Crippen molar-refractivity contribution in [3.05, 3.63) is 11.7 Å². The Morgan fingerprint density at radius 2 is 2.38 bits per heavy atom. The number of aromatic nitrogens is 2. The molecule has 1 aliphatic rings. The highest BCUT2D eigenvalue weighted by molar-refractivity contribution is 5.77. The maximum absolute atomic E-state index is 10.7. The zero-order valence-electron chi connectivity index (χ0n) is 7.78. The van der Waals surface area contributed by atoms with Crippen LogP contribution in [0.15, 0.2) is 4.52 Å². The smallest absolute Gasteiger partial charge is 0.234 e. The Bertz CT molecular complexity index is 332. The fourth-order valence-corrected chi connectivity index (χ4v) is 1.39. The van der Waals surface area contributed by atoms with Crippen LogP contribution < -0.4 is 0 Å². The summed E-state index contributed by atoms with van der Waals surface area (Å²) < 4.78 is 4.94. The van der Waals surface area contributed by atoms with Crippen molar-refractivity contribution in [3.8, 4) is 0 Å². The summed E-state index contributed by atoms with van der Waals surface area (Å²) in [6.45, 7) is 3.68. The van der Waals surface area contributed by atoms with E-state index in [1.807, 2.05) is 0 Å². The van der Waals surface area contributed by atoms with E-state index in [2.05, 4.69) is 17.1 Å². The number of rotatable bonds is 3. The molecule has 1 aromatic heterocycles. The molecule has 1 aromatic rings. The summed E-state index contributed by atoms with van der Waals surface area (Å²) in [7, 11) is 0. The van der Waals surface area contributed by atoms with E-state index in [0.29, 0.717) is 17.7 Å². The predicted octanol–water partition coefficient (Wildman–Crippen LogP) is 1.32. The molecule has 1 heterocycles. The van der Waals surface area contributed by atoms with Crippen LogP contribution in [0, 0.1) is 5.92 Å². The van der Waals surface area contributed by atoms with Crippen LogP contribution in [0.1, 0.15) is 37.9 Å². The SMILES string of the molecule is CC(=O)Cc1nc(C2CC2C)no1. The molecule has 0 radical (unpaired) electrons. The molecular weight excluding hydrogens is 168 g/mol. The van der Waals surface area contributed by atoms with Crippen LogP contribution >= 0.6 is 0 Å². The normalized spacial score (nSPS) is 26.0. The molecule has 70 valence electrons. The van der Waals surface area contributed by atoms with Crippen LogP contribution in [0.3, 0.4) is 0 Å². The van der Waals surface area contributed by atoms with Gasteiger partial charge in [0.05, 0.1) is 6.42 Å². The summed E-state index contributed by atoms with van der Waals surface area (Å²) in [6, 6.07) is 0. The Morgan fingerprint density at radius 3 is 2.92 bits per heavy atom. The molecule has 0 bridgehead atoms. The zero-order chi connectivity index (χ0) is 9.42. The molecule has 0 spiro atoms. The number of carbonyl (C=O) groups excluding carboxylic acids is 1. The minimum Gasteiger partial charge on any atom is -0.339 e. The monoisotopic (exact) mass is 180 g/mol. The highest BCUT2D eigenvalue weighted by Crippen LogP contribution is 2.45. The van der Waals surface area contributed by atoms with Crippen molar-refractivity contribution in [2.24, 2.45) is 5.92 Å². The van der Waals surface area contributed by atoms with Crippen LogP contribution in [0.25, 0.3) is 0 Å². The van der Waals surface area contributed by atoms with Gasteiger partial charge in [-0.1, -0.05) is 12.1 Å². The maximum atomic E-state index is 10.7. The lowest BCUT2D eigenvalue weighted by atomic mass is 10.3. The van der Waals surface area contributed by atoms with Gasteiger partial charge in [0, 0.05) is 5.92 Å². The number of hydrogen-bond donors (Lipinski definition) is 0. The van der Waals surface area contributed by atoms with Gasteiger partial charge in [-0.25, -0.2) is 0 Å². The largest absolute Gasteiger partial charge is 0.339 e. The van der Waals surface area contributed by atoms with Gasteiger partial charge in [-0.3, -0.25) is 4.79 Å². The minimum atomic E-state index is 0.0547. The Morgan fingerprint density at radius 1 is 1.69 bits per heavy atom. The molecule has 2 atom stereocenters. The Balaban J connectivity index is 2.05. The zero-order valence-corrected chi connectivity index (χ0v) is 7.78. The maximum Gasteiger partial charge on any atom is 0.234 e. The van der Waals surface area contributed by atoms with E-state index in [9.17, 15) is 4.79 Å². The first-order chi connectivity index (χ1) is 6.16. The minimum absolute atomic E-state index is 0.0547. The molecule has 1 saturated carbocycles. The Kier molecular flexibility index (Phi) is 1.90. The fourth-order valence-electron chi connectivity index (χ4n) is 1.39. The Labute approximate surface area is 76.3 Å². The highest BCUT2D eigenvalue weighted by Gasteiger charge is 2.38. The third kappa shape index (κ3) is 1.76. The van der Waals surface area contributed by atoms with Gasteiger partial charge in [0.25, 0.3) is 0 Å². The number of hydrogen-bond acceptors (Lipinski definition) is 4. The molecular formula is C9H12N2O2. The van der Waals surface area contributed by atoms with E-state index in [1.165, 1.54) is 6.92 Å². The van der Waals surface area contributed by atoms with E-state index < -0.39 is 0 Å². The van der Waals surface area contributed by atoms with Crippen molar-refractivity contribution in [3.63, 3.8) is 0 Å². The average molecular weight is 180 g/mol. The summed E-state index contributed by atoms with van der Waals surface area (Å²) >= 11 is 0. The number of Topliss-reactive ketones (excluding diaryl/α,β-unsaturated/α-hetero) is 1. The van der Waals surface area contributed by atoms with Crippen molar-refractivity contribution in [1.82, 2.24) is 10.1 Å². The van der Waals surface area contributed by atoms with Crippen LogP contribution in [-0.4, -0.2) is 15.9 Å². The van der Waals surface area contributed by atoms with Crippen molar-refractivity contribution in [2.75, 3.05) is 0 Å². The first-order valence-electron chi connectivity index (χ1n) is 4.48. The molecule has 0 saturated heterocycles. The Hall–Kier alpha value is -1.19. The summed E-state index contributed by atoms with van der Waals surface area (Å²) in [5.41, 5.74) is 0. The van der Waals surface area contributed by atoms with Gasteiger partial charge in [-0.2, -0.15) is 4.98 Å². The molecule has 4 heteroatoms. The van der Waals surface area contributed by atoms with Crippen LogP contribution in [0.5, 0.6) is 0 Å². The fraction of sp³-hybridized carbons (Fsp3) is 0.667. The molecule has 0 aliphatic heterocycles. The van der Waals surface area contributed by atoms with Crippen molar-refractivity contribution < 1.29 is 9.32 Å². The second-order valence-electron chi connectivity index (χ2n) is 3.74. The molecule has 2 unspecified atom stereocenters. The number of carbonyl (C=O) groups is 1. The summed E-state index contributed by atoms with van der Waals surface area (Å²) in [5, 5.41) is 3.84. The van der Waals surface area contributed by atoms with E-state index in [4.69, 9.17) is 4.52 Å². The van der Waals surface area contributed by atoms with E-state index in [-0.39, 0.29) is 12.2 Å². The lowest BCUT2D eigenvalue weighted by Gasteiger charge is -1.84. The molecule has 13 heavy (non-hydrogen) atoms. The van der Waals surface area contributed by atoms with Gasteiger partial charge in [-0.15, -0.1) is 0 Å². The molecule has 2 rings (SSSR count). The van der Waals surface area contributed by atoms with Crippen LogP contribution in [0.4, 0.5) is 0 Å². The predicted molar refractivity (Wildman–Crippen MR) is 45.2 cm³/mol. The molecule has 0 N–H and O–H groups in total. The molecule has 0 amide bonds. The van der Waals surface area contributed by atoms with Crippen LogP contribution in [0.2, 0.25) is 0 Å². The van der Waals surface area contributed by atoms with Crippen LogP contribution in [-0.2, 0) is 11.2 Å². The third-order valence-corrected chi connectivity index (χ3v) is 2.33. The number of nitrogens with zero attached hydrogens (tertiary/aromatic N) is 2. The van der Waals surface area contributed by atoms with Gasteiger partial charge in [0.1, 0.15) is 5.78 Å². The highest BCUT2D eigenvalue weighted by atomic mass is 16.5. The standard InChI is InChI=1S/C9H12N2O2/c1-5-3-7(5)9-10-8(13-11-9)4-6(2)12/h5,7H,3-4H2,1-2H3. The quantitative estimate of drug-likeness (QED) is 0.704. The topological polar surface area (TPSA) is 56.0 Å². The first kappa shape index (κ1) is 8.41. The second-order valence-corrected chi connectivity index (χ2v) is 3.74. The average Bonchev–Trinajstić information content (AvgIpc) is 2.60. The van der Waals surface area contributed by atoms with Crippen molar-refractivity contribution in [1.29, 1.82) is 0 Å². The van der Waals surface area contributed by atoms with E-state index >= 15 is 0 Å². The van der Waals surface area contributed by atoms with Gasteiger partial charge in [0.15, 0.2) is 5.82 Å². The van der Waals surface area contributed by atoms with E-state index in [1.54, 1.807) is 0 Å². The third-order valence-electron chi connectivity index (χ3n) is 2.33. The summed E-state index contributed by atoms with van der Waals surface area (Å²) in [4.78, 5) is 14.9. The van der Waals surface area contributed by atoms with Gasteiger partial charge in [0.2, 0.25) is 5.89 Å². The molecule has 1 fully saturated rings. The summed E-state index contributed by atoms with van der Waals surface area (Å²) in [5.74, 6) is 2.40. The van der Waals surface area contributed by atoms with Gasteiger partial charge in [-0.05, 0) is 19.3 Å². The van der Waals surface area contributed by atoms with Gasteiger partial charge < -0.3 is 4.52 Å². The van der Waals surface area contributed by atoms with Crippen molar-refractivity contribution >= 4 is 5.78 Å². The first-order valence-corrected chi connectivity index (χ1v) is 4.48. The molecule has 0 aromatic carbocycles. The lowest BCUT2D eigenvalue weighted by Crippen LogP contribution is -1.96. The number of ketones is 1. The molecule has 1 aliphatic carbocycles.